The van der Waals surface area contributed by atoms with E-state index in [0.717, 1.165) is 13.0 Å². The first-order chi connectivity index (χ1) is 9.50. The van der Waals surface area contributed by atoms with Gasteiger partial charge in [0.2, 0.25) is 0 Å². The number of halogens is 3. The molecule has 20 heavy (non-hydrogen) atoms. The van der Waals surface area contributed by atoms with Crippen LogP contribution in [-0.4, -0.2) is 18.8 Å². The zero-order chi connectivity index (χ0) is 14.6. The van der Waals surface area contributed by atoms with Crippen molar-refractivity contribution in [1.29, 1.82) is 0 Å². The highest BCUT2D eigenvalue weighted by atomic mass is 32.1. The van der Waals surface area contributed by atoms with E-state index in [9.17, 15) is 13.2 Å². The third kappa shape index (κ3) is 4.22. The molecule has 0 amide bonds. The fourth-order valence-electron chi connectivity index (χ4n) is 3.16. The van der Waals surface area contributed by atoms with Crippen LogP contribution in [0.3, 0.4) is 0 Å². The molecule has 1 unspecified atom stereocenters. The highest BCUT2D eigenvalue weighted by molar-refractivity contribution is 7.09. The summed E-state index contributed by atoms with van der Waals surface area (Å²) in [6, 6.07) is 4.45. The zero-order valence-corrected chi connectivity index (χ0v) is 12.6. The van der Waals surface area contributed by atoms with Gasteiger partial charge in [0, 0.05) is 10.9 Å². The summed E-state index contributed by atoms with van der Waals surface area (Å²) in [6.45, 7) is 2.93. The van der Waals surface area contributed by atoms with Crippen molar-refractivity contribution in [3.63, 3.8) is 0 Å². The molecule has 1 aromatic heterocycles. The lowest BCUT2D eigenvalue weighted by atomic mass is 9.77. The molecule has 114 valence electrons. The summed E-state index contributed by atoms with van der Waals surface area (Å²) in [4.78, 5) is 1.31. The number of thiophene rings is 1. The van der Waals surface area contributed by atoms with E-state index in [1.807, 2.05) is 6.07 Å². The van der Waals surface area contributed by atoms with Crippen LogP contribution in [-0.2, 0) is 6.42 Å². The molecule has 0 radical (unpaired) electrons. The summed E-state index contributed by atoms with van der Waals surface area (Å²) >= 11 is 1.73. The van der Waals surface area contributed by atoms with Crippen molar-refractivity contribution in [3.8, 4) is 0 Å². The van der Waals surface area contributed by atoms with Crippen molar-refractivity contribution in [2.45, 2.75) is 51.2 Å². The lowest BCUT2D eigenvalue weighted by Crippen LogP contribution is -2.41. The number of nitrogens with one attached hydrogen (secondary N) is 1. The van der Waals surface area contributed by atoms with Crippen LogP contribution in [0.5, 0.6) is 0 Å². The van der Waals surface area contributed by atoms with Gasteiger partial charge in [0.25, 0.3) is 0 Å². The lowest BCUT2D eigenvalue weighted by Gasteiger charge is -2.35. The molecule has 1 atom stereocenters. The van der Waals surface area contributed by atoms with Crippen molar-refractivity contribution >= 4 is 11.3 Å². The van der Waals surface area contributed by atoms with Crippen LogP contribution in [0.2, 0.25) is 0 Å². The number of hydrogen-bond acceptors (Lipinski definition) is 2. The molecule has 5 heteroatoms. The Kier molecular flexibility index (Phi) is 5.49. The Morgan fingerprint density at radius 2 is 2.00 bits per heavy atom. The molecule has 0 saturated heterocycles. The van der Waals surface area contributed by atoms with Gasteiger partial charge in [-0.3, -0.25) is 0 Å². The molecule has 1 nitrogen and oxygen atoms in total. The lowest BCUT2D eigenvalue weighted by molar-refractivity contribution is -0.184. The fraction of sp³-hybridized carbons (Fsp3) is 0.733. The summed E-state index contributed by atoms with van der Waals surface area (Å²) < 4.78 is 38.1. The van der Waals surface area contributed by atoms with Crippen LogP contribution in [0.15, 0.2) is 17.5 Å². The van der Waals surface area contributed by atoms with Crippen LogP contribution < -0.4 is 5.32 Å². The molecule has 0 bridgehead atoms. The summed E-state index contributed by atoms with van der Waals surface area (Å²) in [5.41, 5.74) is 0. The van der Waals surface area contributed by atoms with Gasteiger partial charge >= 0.3 is 6.18 Å². The maximum atomic E-state index is 12.7. The van der Waals surface area contributed by atoms with E-state index in [4.69, 9.17) is 0 Å². The Bertz CT molecular complexity index is 380. The fourth-order valence-corrected chi connectivity index (χ4v) is 3.93. The van der Waals surface area contributed by atoms with Gasteiger partial charge in [-0.1, -0.05) is 13.0 Å². The number of likely N-dealkylation sites (N-methyl/N-ethyl adjacent to an activating group) is 1. The number of hydrogen-bond donors (Lipinski definition) is 1. The quantitative estimate of drug-likeness (QED) is 0.836. The second-order valence-corrected chi connectivity index (χ2v) is 6.63. The van der Waals surface area contributed by atoms with Crippen LogP contribution in [0.1, 0.15) is 37.5 Å². The zero-order valence-electron chi connectivity index (χ0n) is 11.7. The molecule has 2 rings (SSSR count). The maximum Gasteiger partial charge on any atom is 0.391 e. The molecule has 1 aliphatic rings. The molecule has 1 aromatic rings. The predicted octanol–water partition coefficient (Wildman–Crippen LogP) is 4.64. The highest BCUT2D eigenvalue weighted by Gasteiger charge is 2.42. The molecule has 1 saturated carbocycles. The Morgan fingerprint density at radius 3 is 2.50 bits per heavy atom. The molecular formula is C15H22F3NS. The Hall–Kier alpha value is -0.550. The molecule has 1 N–H and O–H groups in total. The largest absolute Gasteiger partial charge is 0.391 e. The van der Waals surface area contributed by atoms with Crippen LogP contribution in [0.25, 0.3) is 0 Å². The topological polar surface area (TPSA) is 12.0 Å². The maximum absolute atomic E-state index is 12.7. The Labute approximate surface area is 122 Å². The van der Waals surface area contributed by atoms with E-state index in [1.165, 1.54) is 4.88 Å². The van der Waals surface area contributed by atoms with Gasteiger partial charge in [0.15, 0.2) is 0 Å². The second kappa shape index (κ2) is 6.94. The van der Waals surface area contributed by atoms with E-state index >= 15 is 0 Å². The van der Waals surface area contributed by atoms with Gasteiger partial charge in [-0.25, -0.2) is 0 Å². The molecule has 1 heterocycles. The molecular weight excluding hydrogens is 283 g/mol. The highest BCUT2D eigenvalue weighted by Crippen LogP contribution is 2.40. The molecule has 0 spiro atoms. The summed E-state index contributed by atoms with van der Waals surface area (Å²) in [5, 5.41) is 5.52. The Balaban J connectivity index is 1.91. The third-order valence-corrected chi connectivity index (χ3v) is 5.17. The van der Waals surface area contributed by atoms with Crippen molar-refractivity contribution in [2.24, 2.45) is 11.8 Å². The number of alkyl halides is 3. The van der Waals surface area contributed by atoms with Gasteiger partial charge in [0.05, 0.1) is 5.92 Å². The normalized spacial score (nSPS) is 25.6. The minimum atomic E-state index is -4.01. The monoisotopic (exact) mass is 305 g/mol. The van der Waals surface area contributed by atoms with Crippen molar-refractivity contribution in [3.05, 3.63) is 22.4 Å². The minimum absolute atomic E-state index is 0.292. The average Bonchev–Trinajstić information content (AvgIpc) is 2.90. The average molecular weight is 305 g/mol. The van der Waals surface area contributed by atoms with Crippen LogP contribution >= 0.6 is 11.3 Å². The van der Waals surface area contributed by atoms with Gasteiger partial charge in [-0.2, -0.15) is 13.2 Å². The smallest absolute Gasteiger partial charge is 0.314 e. The van der Waals surface area contributed by atoms with Crippen molar-refractivity contribution in [2.75, 3.05) is 6.54 Å². The van der Waals surface area contributed by atoms with Gasteiger partial charge < -0.3 is 5.32 Å². The van der Waals surface area contributed by atoms with Gasteiger partial charge in [0.1, 0.15) is 0 Å². The summed E-state index contributed by atoms with van der Waals surface area (Å²) in [5.74, 6) is -0.710. The SMILES string of the molecule is CCNC(Cc1cccs1)C1CCC(C(F)(F)F)CC1. The first kappa shape index (κ1) is 15.8. The molecule has 1 fully saturated rings. The first-order valence-corrected chi connectivity index (χ1v) is 8.21. The summed E-state index contributed by atoms with van der Waals surface area (Å²) in [6.07, 6.45) is -1.11. The number of rotatable bonds is 5. The van der Waals surface area contributed by atoms with E-state index in [1.54, 1.807) is 11.3 Å². The standard InChI is InChI=1S/C15H22F3NS/c1-2-19-14(10-13-4-3-9-20-13)11-5-7-12(8-6-11)15(16,17)18/h3-4,9,11-12,14,19H,2,5-8,10H2,1H3. The molecule has 0 aromatic carbocycles. The van der Waals surface area contributed by atoms with Gasteiger partial charge in [-0.15, -0.1) is 11.3 Å². The van der Waals surface area contributed by atoms with Crippen LogP contribution in [0, 0.1) is 11.8 Å². The van der Waals surface area contributed by atoms with E-state index in [-0.39, 0.29) is 0 Å². The van der Waals surface area contributed by atoms with Crippen LogP contribution in [0.4, 0.5) is 13.2 Å². The third-order valence-electron chi connectivity index (χ3n) is 4.27. The second-order valence-electron chi connectivity index (χ2n) is 5.60. The summed E-state index contributed by atoms with van der Waals surface area (Å²) in [7, 11) is 0. The Morgan fingerprint density at radius 1 is 1.30 bits per heavy atom. The first-order valence-electron chi connectivity index (χ1n) is 7.33. The predicted molar refractivity (Wildman–Crippen MR) is 77.0 cm³/mol. The molecule has 0 aliphatic heterocycles. The van der Waals surface area contributed by atoms with E-state index < -0.39 is 12.1 Å². The van der Waals surface area contributed by atoms with E-state index in [2.05, 4.69) is 23.7 Å². The molecule has 1 aliphatic carbocycles. The van der Waals surface area contributed by atoms with Crippen molar-refractivity contribution in [1.82, 2.24) is 5.32 Å². The van der Waals surface area contributed by atoms with Crippen molar-refractivity contribution < 1.29 is 13.2 Å². The minimum Gasteiger partial charge on any atom is -0.314 e. The van der Waals surface area contributed by atoms with E-state index in [0.29, 0.717) is 37.6 Å². The van der Waals surface area contributed by atoms with Gasteiger partial charge in [-0.05, 0) is 56.0 Å².